The van der Waals surface area contributed by atoms with Crippen LogP contribution in [0.3, 0.4) is 0 Å². The molecule has 98 valence electrons. The van der Waals surface area contributed by atoms with Gasteiger partial charge in [0.15, 0.2) is 0 Å². The van der Waals surface area contributed by atoms with Crippen molar-refractivity contribution in [3.05, 3.63) is 47.7 Å². The van der Waals surface area contributed by atoms with E-state index in [0.29, 0.717) is 0 Å². The summed E-state index contributed by atoms with van der Waals surface area (Å²) in [6.07, 6.45) is 2.70. The molecule has 0 aliphatic heterocycles. The summed E-state index contributed by atoms with van der Waals surface area (Å²) < 4.78 is 0. The van der Waals surface area contributed by atoms with Crippen molar-refractivity contribution in [2.45, 2.75) is 19.9 Å². The van der Waals surface area contributed by atoms with Gasteiger partial charge in [-0.15, -0.1) is 0 Å². The van der Waals surface area contributed by atoms with E-state index in [0.717, 1.165) is 11.4 Å². The number of aromatic nitrogens is 3. The highest BCUT2D eigenvalue weighted by molar-refractivity contribution is 5.98. The summed E-state index contributed by atoms with van der Waals surface area (Å²) in [5.74, 6) is -0.147. The quantitative estimate of drug-likeness (QED) is 0.863. The van der Waals surface area contributed by atoms with E-state index in [-0.39, 0.29) is 23.3 Å². The number of anilines is 1. The Morgan fingerprint density at radius 3 is 2.89 bits per heavy atom. The van der Waals surface area contributed by atoms with E-state index in [2.05, 4.69) is 20.3 Å². The summed E-state index contributed by atoms with van der Waals surface area (Å²) in [7, 11) is 0. The number of carbonyl (C=O) groups excluding carboxylic acids is 1. The van der Waals surface area contributed by atoms with Crippen LogP contribution in [0.2, 0.25) is 0 Å². The molecular formula is C13H15N5O. The molecule has 0 fully saturated rings. The van der Waals surface area contributed by atoms with Crippen LogP contribution in [0.15, 0.2) is 30.7 Å². The topological polar surface area (TPSA) is 93.8 Å². The summed E-state index contributed by atoms with van der Waals surface area (Å²) in [5.41, 5.74) is 7.60. The highest BCUT2D eigenvalue weighted by Crippen LogP contribution is 2.12. The zero-order valence-electron chi connectivity index (χ0n) is 10.8. The van der Waals surface area contributed by atoms with Crippen molar-refractivity contribution >= 4 is 11.7 Å². The first kappa shape index (κ1) is 12.9. The van der Waals surface area contributed by atoms with Crippen LogP contribution in [0, 0.1) is 6.92 Å². The zero-order valence-corrected chi connectivity index (χ0v) is 10.8. The second-order valence-corrected chi connectivity index (χ2v) is 4.22. The molecule has 1 unspecified atom stereocenters. The van der Waals surface area contributed by atoms with Crippen LogP contribution in [0.5, 0.6) is 0 Å². The second kappa shape index (κ2) is 5.43. The van der Waals surface area contributed by atoms with Crippen molar-refractivity contribution in [3.8, 4) is 0 Å². The van der Waals surface area contributed by atoms with Gasteiger partial charge in [0.05, 0.1) is 17.3 Å². The maximum Gasteiger partial charge on any atom is 0.257 e. The Labute approximate surface area is 111 Å². The van der Waals surface area contributed by atoms with E-state index in [1.54, 1.807) is 0 Å². The zero-order chi connectivity index (χ0) is 13.8. The number of nitrogen functional groups attached to an aromatic ring is 1. The Kier molecular flexibility index (Phi) is 3.70. The number of rotatable bonds is 3. The molecule has 0 aliphatic rings. The maximum absolute atomic E-state index is 12.0. The molecule has 0 saturated carbocycles. The third-order valence-corrected chi connectivity index (χ3v) is 2.69. The Morgan fingerprint density at radius 1 is 1.42 bits per heavy atom. The third-order valence-electron chi connectivity index (χ3n) is 2.69. The fraction of sp³-hybridized carbons (Fsp3) is 0.231. The molecule has 2 aromatic heterocycles. The van der Waals surface area contributed by atoms with E-state index in [9.17, 15) is 4.79 Å². The first-order valence-corrected chi connectivity index (χ1v) is 5.88. The van der Waals surface area contributed by atoms with Gasteiger partial charge in [-0.3, -0.25) is 9.78 Å². The van der Waals surface area contributed by atoms with Crippen molar-refractivity contribution in [3.63, 3.8) is 0 Å². The van der Waals surface area contributed by atoms with Crippen LogP contribution in [-0.2, 0) is 0 Å². The van der Waals surface area contributed by atoms with Crippen molar-refractivity contribution in [2.24, 2.45) is 0 Å². The molecule has 2 aromatic rings. The molecule has 0 aromatic carbocycles. The number of hydrogen-bond acceptors (Lipinski definition) is 5. The van der Waals surface area contributed by atoms with Crippen molar-refractivity contribution in [2.75, 3.05) is 5.73 Å². The van der Waals surface area contributed by atoms with E-state index in [1.807, 2.05) is 32.0 Å². The Bertz CT molecular complexity index is 599. The fourth-order valence-electron chi connectivity index (χ4n) is 1.67. The van der Waals surface area contributed by atoms with Gasteiger partial charge in [0, 0.05) is 11.9 Å². The van der Waals surface area contributed by atoms with Gasteiger partial charge in [0.1, 0.15) is 12.1 Å². The standard InChI is InChI=1S/C13H15N5O/c1-8-4-3-5-11(17-8)9(2)18-13(19)10-6-15-7-16-12(10)14/h3-7,9H,1-2H3,(H,18,19)(H2,14,15,16). The van der Waals surface area contributed by atoms with Crippen LogP contribution >= 0.6 is 0 Å². The molecule has 1 atom stereocenters. The summed E-state index contributed by atoms with van der Waals surface area (Å²) in [4.78, 5) is 24.0. The molecule has 0 radical (unpaired) electrons. The Morgan fingerprint density at radius 2 is 2.21 bits per heavy atom. The SMILES string of the molecule is Cc1cccc(C(C)NC(=O)c2cncnc2N)n1. The highest BCUT2D eigenvalue weighted by atomic mass is 16.1. The van der Waals surface area contributed by atoms with E-state index >= 15 is 0 Å². The molecule has 0 spiro atoms. The van der Waals surface area contributed by atoms with Gasteiger partial charge in [-0.25, -0.2) is 9.97 Å². The van der Waals surface area contributed by atoms with E-state index in [1.165, 1.54) is 12.5 Å². The number of amides is 1. The number of carbonyl (C=O) groups is 1. The molecule has 1 amide bonds. The summed E-state index contributed by atoms with van der Waals surface area (Å²) >= 11 is 0. The summed E-state index contributed by atoms with van der Waals surface area (Å²) in [6.45, 7) is 3.76. The van der Waals surface area contributed by atoms with Gasteiger partial charge in [-0.2, -0.15) is 0 Å². The number of pyridine rings is 1. The lowest BCUT2D eigenvalue weighted by atomic mass is 10.2. The second-order valence-electron chi connectivity index (χ2n) is 4.22. The van der Waals surface area contributed by atoms with Crippen molar-refractivity contribution in [1.29, 1.82) is 0 Å². The minimum Gasteiger partial charge on any atom is -0.383 e. The fourth-order valence-corrected chi connectivity index (χ4v) is 1.67. The molecule has 3 N–H and O–H groups in total. The van der Waals surface area contributed by atoms with Crippen LogP contribution in [0.25, 0.3) is 0 Å². The third kappa shape index (κ3) is 3.04. The highest BCUT2D eigenvalue weighted by Gasteiger charge is 2.15. The first-order chi connectivity index (χ1) is 9.08. The molecule has 0 bridgehead atoms. The number of hydrogen-bond donors (Lipinski definition) is 2. The van der Waals surface area contributed by atoms with Crippen molar-refractivity contribution < 1.29 is 4.79 Å². The predicted octanol–water partition coefficient (Wildman–Crippen LogP) is 1.25. The van der Waals surface area contributed by atoms with Crippen LogP contribution in [0.4, 0.5) is 5.82 Å². The minimum absolute atomic E-state index is 0.164. The van der Waals surface area contributed by atoms with Gasteiger partial charge in [0.2, 0.25) is 0 Å². The molecule has 6 nitrogen and oxygen atoms in total. The lowest BCUT2D eigenvalue weighted by Crippen LogP contribution is -2.28. The first-order valence-electron chi connectivity index (χ1n) is 5.88. The van der Waals surface area contributed by atoms with Gasteiger partial charge in [-0.05, 0) is 26.0 Å². The lowest BCUT2D eigenvalue weighted by Gasteiger charge is -2.14. The number of nitrogens with zero attached hydrogens (tertiary/aromatic N) is 3. The largest absolute Gasteiger partial charge is 0.383 e. The number of nitrogens with one attached hydrogen (secondary N) is 1. The summed E-state index contributed by atoms with van der Waals surface area (Å²) in [6, 6.07) is 5.46. The van der Waals surface area contributed by atoms with Crippen LogP contribution < -0.4 is 11.1 Å². The minimum atomic E-state index is -0.311. The Balaban J connectivity index is 2.13. The predicted molar refractivity (Wildman–Crippen MR) is 71.3 cm³/mol. The normalized spacial score (nSPS) is 11.9. The molecule has 0 aliphatic carbocycles. The molecule has 2 heterocycles. The van der Waals surface area contributed by atoms with Gasteiger partial charge < -0.3 is 11.1 Å². The van der Waals surface area contributed by atoms with Gasteiger partial charge >= 0.3 is 0 Å². The van der Waals surface area contributed by atoms with E-state index in [4.69, 9.17) is 5.73 Å². The van der Waals surface area contributed by atoms with Gasteiger partial charge in [0.25, 0.3) is 5.91 Å². The van der Waals surface area contributed by atoms with Crippen LogP contribution in [-0.4, -0.2) is 20.9 Å². The smallest absolute Gasteiger partial charge is 0.257 e. The average Bonchev–Trinajstić information content (AvgIpc) is 2.39. The Hall–Kier alpha value is -2.50. The lowest BCUT2D eigenvalue weighted by molar-refractivity contribution is 0.0939. The number of aryl methyl sites for hydroxylation is 1. The molecular weight excluding hydrogens is 242 g/mol. The molecule has 2 rings (SSSR count). The average molecular weight is 257 g/mol. The summed E-state index contributed by atoms with van der Waals surface area (Å²) in [5, 5.41) is 2.82. The maximum atomic E-state index is 12.0. The molecule has 6 heteroatoms. The monoisotopic (exact) mass is 257 g/mol. The van der Waals surface area contributed by atoms with Gasteiger partial charge in [-0.1, -0.05) is 6.07 Å². The van der Waals surface area contributed by atoms with Crippen molar-refractivity contribution in [1.82, 2.24) is 20.3 Å². The number of nitrogens with two attached hydrogens (primary N) is 1. The molecule has 19 heavy (non-hydrogen) atoms. The van der Waals surface area contributed by atoms with E-state index < -0.39 is 0 Å². The van der Waals surface area contributed by atoms with Crippen LogP contribution in [0.1, 0.15) is 34.7 Å². The molecule has 0 saturated heterocycles.